The van der Waals surface area contributed by atoms with Crippen molar-refractivity contribution in [1.29, 1.82) is 0 Å². The predicted molar refractivity (Wildman–Crippen MR) is 91.9 cm³/mol. The van der Waals surface area contributed by atoms with Gasteiger partial charge in [0.05, 0.1) is 12.0 Å². The van der Waals surface area contributed by atoms with Crippen LogP contribution in [0.4, 0.5) is 0 Å². The van der Waals surface area contributed by atoms with Crippen molar-refractivity contribution in [3.8, 4) is 0 Å². The van der Waals surface area contributed by atoms with Crippen LogP contribution in [0.5, 0.6) is 0 Å². The molecule has 8 unspecified atom stereocenters. The molecule has 3 fully saturated rings. The van der Waals surface area contributed by atoms with Gasteiger partial charge in [0.15, 0.2) is 0 Å². The number of aliphatic hydroxyl groups is 1. The summed E-state index contributed by atoms with van der Waals surface area (Å²) in [5, 5.41) is 20.5. The molecule has 6 heteroatoms. The monoisotopic (exact) mass is 364 g/mol. The molecule has 144 valence electrons. The Labute approximate surface area is 153 Å². The molecule has 0 amide bonds. The van der Waals surface area contributed by atoms with Crippen LogP contribution in [0.15, 0.2) is 11.6 Å². The van der Waals surface area contributed by atoms with Gasteiger partial charge >= 0.3 is 11.9 Å². The van der Waals surface area contributed by atoms with E-state index in [0.29, 0.717) is 18.4 Å². The summed E-state index contributed by atoms with van der Waals surface area (Å²) in [4.78, 5) is 23.8. The van der Waals surface area contributed by atoms with Crippen LogP contribution in [-0.4, -0.2) is 40.6 Å². The fraction of sp³-hybridized carbons (Fsp3) is 0.800. The van der Waals surface area contributed by atoms with Gasteiger partial charge in [-0.25, -0.2) is 4.79 Å². The van der Waals surface area contributed by atoms with Gasteiger partial charge in [0.2, 0.25) is 6.29 Å². The van der Waals surface area contributed by atoms with E-state index in [4.69, 9.17) is 9.47 Å². The summed E-state index contributed by atoms with van der Waals surface area (Å²) in [6.45, 7) is 6.22. The van der Waals surface area contributed by atoms with Crippen LogP contribution in [0.1, 0.15) is 52.9 Å². The zero-order valence-electron chi connectivity index (χ0n) is 15.6. The van der Waals surface area contributed by atoms with E-state index in [0.717, 1.165) is 19.3 Å². The number of hydrogen-bond donors (Lipinski definition) is 2. The van der Waals surface area contributed by atoms with Crippen LogP contribution in [-0.2, 0) is 19.1 Å². The van der Waals surface area contributed by atoms with Crippen LogP contribution in [0.2, 0.25) is 0 Å². The maximum atomic E-state index is 12.0. The smallest absolute Gasteiger partial charge is 0.331 e. The maximum absolute atomic E-state index is 12.0. The molecular weight excluding hydrogens is 336 g/mol. The maximum Gasteiger partial charge on any atom is 0.331 e. The van der Waals surface area contributed by atoms with Crippen molar-refractivity contribution >= 4 is 11.9 Å². The van der Waals surface area contributed by atoms with Crippen LogP contribution in [0.3, 0.4) is 0 Å². The molecule has 6 nitrogen and oxygen atoms in total. The Morgan fingerprint density at radius 2 is 2.12 bits per heavy atom. The van der Waals surface area contributed by atoms with Crippen LogP contribution < -0.4 is 0 Å². The number of carboxylic acid groups (broad SMARTS) is 1. The van der Waals surface area contributed by atoms with Gasteiger partial charge in [-0.3, -0.25) is 4.79 Å². The van der Waals surface area contributed by atoms with E-state index in [9.17, 15) is 19.8 Å². The van der Waals surface area contributed by atoms with Gasteiger partial charge in [-0.1, -0.05) is 26.8 Å². The average Bonchev–Trinajstić information content (AvgIpc) is 3.24. The highest BCUT2D eigenvalue weighted by Gasteiger charge is 2.61. The number of carbonyl (C=O) groups excluding carboxylic acids is 1. The first kappa shape index (κ1) is 18.0. The molecule has 0 aromatic rings. The van der Waals surface area contributed by atoms with E-state index in [-0.39, 0.29) is 41.5 Å². The van der Waals surface area contributed by atoms with Crippen molar-refractivity contribution < 1.29 is 29.3 Å². The highest BCUT2D eigenvalue weighted by atomic mass is 16.8. The van der Waals surface area contributed by atoms with Gasteiger partial charge in [0.1, 0.15) is 6.10 Å². The number of hydrogen-bond acceptors (Lipinski definition) is 5. The third-order valence-electron chi connectivity index (χ3n) is 7.87. The minimum Gasteiger partial charge on any atom is -0.478 e. The van der Waals surface area contributed by atoms with E-state index in [1.54, 1.807) is 0 Å². The molecule has 0 spiro atoms. The molecule has 4 rings (SSSR count). The summed E-state index contributed by atoms with van der Waals surface area (Å²) in [6, 6.07) is 0. The number of aliphatic carboxylic acids is 1. The third kappa shape index (κ3) is 2.45. The fourth-order valence-electron chi connectivity index (χ4n) is 6.12. The number of epoxide rings is 1. The summed E-state index contributed by atoms with van der Waals surface area (Å²) in [5.74, 6) is -1.08. The molecule has 0 aromatic heterocycles. The lowest BCUT2D eigenvalue weighted by atomic mass is 9.46. The van der Waals surface area contributed by atoms with Crippen molar-refractivity contribution in [1.82, 2.24) is 0 Å². The predicted octanol–water partition coefficient (Wildman–Crippen LogP) is 2.50. The first-order valence-electron chi connectivity index (χ1n) is 9.66. The second kappa shape index (κ2) is 5.80. The van der Waals surface area contributed by atoms with E-state index in [2.05, 4.69) is 13.8 Å². The number of aliphatic hydroxyl groups excluding tert-OH is 1. The molecular formula is C20H28O6. The second-order valence-electron chi connectivity index (χ2n) is 9.09. The molecule has 2 aliphatic carbocycles. The Morgan fingerprint density at radius 3 is 2.73 bits per heavy atom. The van der Waals surface area contributed by atoms with E-state index in [1.807, 2.05) is 13.0 Å². The summed E-state index contributed by atoms with van der Waals surface area (Å²) in [5.41, 5.74) is -0.342. The molecule has 0 bridgehead atoms. The minimum atomic E-state index is -0.880. The van der Waals surface area contributed by atoms with Crippen LogP contribution >= 0.6 is 0 Å². The van der Waals surface area contributed by atoms with Gasteiger partial charge in [-0.2, -0.15) is 0 Å². The zero-order valence-corrected chi connectivity index (χ0v) is 15.6. The van der Waals surface area contributed by atoms with Crippen molar-refractivity contribution in [2.75, 3.05) is 0 Å². The topological polar surface area (TPSA) is 96.4 Å². The molecule has 1 saturated carbocycles. The summed E-state index contributed by atoms with van der Waals surface area (Å²) in [6.07, 6.45) is 4.38. The summed E-state index contributed by atoms with van der Waals surface area (Å²) >= 11 is 0. The van der Waals surface area contributed by atoms with Gasteiger partial charge in [-0.05, 0) is 49.4 Å². The molecule has 2 heterocycles. The molecule has 26 heavy (non-hydrogen) atoms. The lowest BCUT2D eigenvalue weighted by Gasteiger charge is -2.59. The number of carbonyl (C=O) groups is 2. The molecule has 8 atom stereocenters. The van der Waals surface area contributed by atoms with Crippen molar-refractivity contribution in [2.45, 2.75) is 71.4 Å². The number of fused-ring (bicyclic) bond motifs is 2. The van der Waals surface area contributed by atoms with Gasteiger partial charge in [0.25, 0.3) is 0 Å². The Balaban J connectivity index is 1.61. The van der Waals surface area contributed by atoms with Crippen LogP contribution in [0.25, 0.3) is 0 Å². The molecule has 4 aliphatic rings. The standard InChI is InChI=1S/C20H28O6/c1-10-13(21)9-20(3)12(16(22)23)5-4-6-14(20)19(10,2)8-7-11-15-18(25-15)26-17(11)24/h5,10-11,13-15,18,21H,4,6-9H2,1-3H3,(H,22,23). The quantitative estimate of drug-likeness (QED) is 0.588. The summed E-state index contributed by atoms with van der Waals surface area (Å²) < 4.78 is 10.5. The molecule has 2 N–H and O–H groups in total. The van der Waals surface area contributed by atoms with Gasteiger partial charge < -0.3 is 19.7 Å². The number of esters is 1. The average molecular weight is 364 g/mol. The van der Waals surface area contributed by atoms with E-state index < -0.39 is 17.5 Å². The van der Waals surface area contributed by atoms with Gasteiger partial charge in [-0.15, -0.1) is 0 Å². The Morgan fingerprint density at radius 1 is 1.38 bits per heavy atom. The molecule has 2 saturated heterocycles. The zero-order chi connectivity index (χ0) is 18.9. The third-order valence-corrected chi connectivity index (χ3v) is 7.87. The second-order valence-corrected chi connectivity index (χ2v) is 9.09. The minimum absolute atomic E-state index is 0.0436. The summed E-state index contributed by atoms with van der Waals surface area (Å²) in [7, 11) is 0. The molecule has 0 radical (unpaired) electrons. The normalized spacial score (nSPS) is 49.7. The van der Waals surface area contributed by atoms with Crippen molar-refractivity contribution in [3.05, 3.63) is 11.6 Å². The number of carboxylic acids is 1. The lowest BCUT2D eigenvalue weighted by molar-refractivity contribution is -0.153. The highest BCUT2D eigenvalue weighted by molar-refractivity contribution is 5.88. The van der Waals surface area contributed by atoms with E-state index >= 15 is 0 Å². The highest BCUT2D eigenvalue weighted by Crippen LogP contribution is 2.62. The largest absolute Gasteiger partial charge is 0.478 e. The SMILES string of the molecule is CC1C(O)CC2(C)C(C(=O)O)=CCCC2C1(C)CCC1C(=O)OC2OC21. The molecule has 2 aliphatic heterocycles. The molecule has 0 aromatic carbocycles. The number of ether oxygens (including phenoxy) is 2. The first-order valence-corrected chi connectivity index (χ1v) is 9.66. The van der Waals surface area contributed by atoms with Crippen molar-refractivity contribution in [2.24, 2.45) is 28.6 Å². The number of allylic oxidation sites excluding steroid dienone is 1. The Hall–Kier alpha value is -1.40. The van der Waals surface area contributed by atoms with Gasteiger partial charge in [0, 0.05) is 11.0 Å². The Kier molecular flexibility index (Phi) is 4.01. The first-order chi connectivity index (χ1) is 12.2. The van der Waals surface area contributed by atoms with E-state index in [1.165, 1.54) is 0 Å². The number of rotatable bonds is 4. The fourth-order valence-corrected chi connectivity index (χ4v) is 6.12. The Bertz CT molecular complexity index is 671. The lowest BCUT2D eigenvalue weighted by Crippen LogP contribution is -2.56. The van der Waals surface area contributed by atoms with Crippen LogP contribution in [0, 0.1) is 28.6 Å². The van der Waals surface area contributed by atoms with Crippen molar-refractivity contribution in [3.63, 3.8) is 0 Å².